The monoisotopic (exact) mass is 138 g/mol. The molecule has 0 N–H and O–H groups in total. The molecule has 1 saturated carbocycles. The molecule has 1 aliphatic rings. The summed E-state index contributed by atoms with van der Waals surface area (Å²) in [7, 11) is 0. The summed E-state index contributed by atoms with van der Waals surface area (Å²) in [5.74, 6) is 0.806. The van der Waals surface area contributed by atoms with E-state index in [9.17, 15) is 4.79 Å². The summed E-state index contributed by atoms with van der Waals surface area (Å²) in [6.45, 7) is 9.85. The Hall–Kier alpha value is -0.590. The average molecular weight is 138 g/mol. The average Bonchev–Trinajstić information content (AvgIpc) is 1.82. The SMILES string of the molecule is C=C(C)C1CC(=O)C1(C)C. The molecule has 0 spiro atoms. The molecule has 56 valence electrons. The van der Waals surface area contributed by atoms with E-state index < -0.39 is 0 Å². The largest absolute Gasteiger partial charge is 0.299 e. The highest BCUT2D eigenvalue weighted by molar-refractivity contribution is 5.91. The van der Waals surface area contributed by atoms with E-state index in [0.29, 0.717) is 18.1 Å². The van der Waals surface area contributed by atoms with Gasteiger partial charge in [0.05, 0.1) is 0 Å². The van der Waals surface area contributed by atoms with Crippen LogP contribution < -0.4 is 0 Å². The van der Waals surface area contributed by atoms with Crippen LogP contribution in [-0.2, 0) is 4.79 Å². The summed E-state index contributed by atoms with van der Waals surface area (Å²) < 4.78 is 0. The van der Waals surface area contributed by atoms with Crippen molar-refractivity contribution >= 4 is 5.78 Å². The Bertz CT molecular complexity index is 189. The lowest BCUT2D eigenvalue weighted by atomic mass is 9.59. The molecule has 0 heterocycles. The van der Waals surface area contributed by atoms with E-state index in [1.807, 2.05) is 20.8 Å². The molecule has 1 nitrogen and oxygen atoms in total. The fourth-order valence-corrected chi connectivity index (χ4v) is 1.56. The Balaban J connectivity index is 2.72. The van der Waals surface area contributed by atoms with Gasteiger partial charge in [-0.1, -0.05) is 26.0 Å². The molecule has 0 amide bonds. The molecule has 1 aliphatic carbocycles. The van der Waals surface area contributed by atoms with Gasteiger partial charge in [-0.25, -0.2) is 0 Å². The van der Waals surface area contributed by atoms with Gasteiger partial charge in [0.25, 0.3) is 0 Å². The van der Waals surface area contributed by atoms with Crippen LogP contribution >= 0.6 is 0 Å². The molecule has 0 aromatic carbocycles. The van der Waals surface area contributed by atoms with Gasteiger partial charge >= 0.3 is 0 Å². The van der Waals surface area contributed by atoms with Crippen molar-refractivity contribution < 1.29 is 4.79 Å². The van der Waals surface area contributed by atoms with Gasteiger partial charge in [0.15, 0.2) is 0 Å². The van der Waals surface area contributed by atoms with E-state index in [0.717, 1.165) is 5.57 Å². The lowest BCUT2D eigenvalue weighted by molar-refractivity contribution is -0.140. The van der Waals surface area contributed by atoms with Crippen LogP contribution in [-0.4, -0.2) is 5.78 Å². The van der Waals surface area contributed by atoms with Crippen LogP contribution in [0.3, 0.4) is 0 Å². The van der Waals surface area contributed by atoms with Crippen LogP contribution in [0.2, 0.25) is 0 Å². The smallest absolute Gasteiger partial charge is 0.139 e. The number of carbonyl (C=O) groups is 1. The van der Waals surface area contributed by atoms with Crippen LogP contribution in [0.25, 0.3) is 0 Å². The lowest BCUT2D eigenvalue weighted by Crippen LogP contribution is -2.45. The Kier molecular flexibility index (Phi) is 1.46. The number of hydrogen-bond acceptors (Lipinski definition) is 1. The Morgan fingerprint density at radius 2 is 2.20 bits per heavy atom. The van der Waals surface area contributed by atoms with Gasteiger partial charge in [0.1, 0.15) is 5.78 Å². The van der Waals surface area contributed by atoms with E-state index in [1.54, 1.807) is 0 Å². The van der Waals surface area contributed by atoms with Crippen molar-refractivity contribution in [3.05, 3.63) is 12.2 Å². The van der Waals surface area contributed by atoms with E-state index in [-0.39, 0.29) is 5.41 Å². The molecule has 1 unspecified atom stereocenters. The highest BCUT2D eigenvalue weighted by Gasteiger charge is 2.47. The minimum atomic E-state index is -0.119. The van der Waals surface area contributed by atoms with Gasteiger partial charge in [0, 0.05) is 11.8 Å². The normalized spacial score (nSPS) is 29.5. The van der Waals surface area contributed by atoms with Crippen molar-refractivity contribution in [1.82, 2.24) is 0 Å². The molecule has 10 heavy (non-hydrogen) atoms. The molecule has 0 aromatic heterocycles. The van der Waals surface area contributed by atoms with Crippen LogP contribution in [0.1, 0.15) is 27.2 Å². The maximum absolute atomic E-state index is 11.0. The fourth-order valence-electron chi connectivity index (χ4n) is 1.56. The van der Waals surface area contributed by atoms with E-state index in [2.05, 4.69) is 6.58 Å². The molecule has 0 radical (unpaired) electrons. The van der Waals surface area contributed by atoms with Gasteiger partial charge < -0.3 is 0 Å². The van der Waals surface area contributed by atoms with E-state index in [4.69, 9.17) is 0 Å². The second-order valence-corrected chi connectivity index (χ2v) is 3.75. The molecular formula is C9H14O. The predicted octanol–water partition coefficient (Wildman–Crippen LogP) is 2.18. The van der Waals surface area contributed by atoms with Crippen molar-refractivity contribution in [1.29, 1.82) is 0 Å². The maximum atomic E-state index is 11.0. The summed E-state index contributed by atoms with van der Waals surface area (Å²) in [5.41, 5.74) is 1.02. The Morgan fingerprint density at radius 3 is 2.30 bits per heavy atom. The first-order valence-corrected chi connectivity index (χ1v) is 3.65. The van der Waals surface area contributed by atoms with Gasteiger partial charge in [-0.05, 0) is 12.8 Å². The van der Waals surface area contributed by atoms with E-state index in [1.165, 1.54) is 0 Å². The van der Waals surface area contributed by atoms with Gasteiger partial charge in [-0.2, -0.15) is 0 Å². The first kappa shape index (κ1) is 7.52. The molecule has 0 aliphatic heterocycles. The zero-order valence-corrected chi connectivity index (χ0v) is 6.90. The number of hydrogen-bond donors (Lipinski definition) is 0. The van der Waals surface area contributed by atoms with Crippen LogP contribution in [0.5, 0.6) is 0 Å². The molecule has 0 bridgehead atoms. The molecule has 1 atom stereocenters. The minimum Gasteiger partial charge on any atom is -0.299 e. The van der Waals surface area contributed by atoms with Gasteiger partial charge in [-0.15, -0.1) is 0 Å². The standard InChI is InChI=1S/C9H14O/c1-6(2)7-5-8(10)9(7,3)4/h7H,1,5H2,2-4H3. The summed E-state index contributed by atoms with van der Waals surface area (Å²) in [6.07, 6.45) is 0.711. The number of Topliss-reactive ketones (excluding diaryl/α,β-unsaturated/α-hetero) is 1. The second-order valence-electron chi connectivity index (χ2n) is 3.75. The predicted molar refractivity (Wildman–Crippen MR) is 41.7 cm³/mol. The third-order valence-electron chi connectivity index (χ3n) is 2.57. The third kappa shape index (κ3) is 0.808. The number of carbonyl (C=O) groups excluding carboxylic acids is 1. The fraction of sp³-hybridized carbons (Fsp3) is 0.667. The summed E-state index contributed by atoms with van der Waals surface area (Å²) >= 11 is 0. The number of rotatable bonds is 1. The number of ketones is 1. The van der Waals surface area contributed by atoms with Crippen molar-refractivity contribution in [2.45, 2.75) is 27.2 Å². The highest BCUT2D eigenvalue weighted by Crippen LogP contribution is 2.45. The highest BCUT2D eigenvalue weighted by atomic mass is 16.1. The molecule has 1 fully saturated rings. The van der Waals surface area contributed by atoms with Crippen molar-refractivity contribution in [2.24, 2.45) is 11.3 Å². The third-order valence-corrected chi connectivity index (χ3v) is 2.57. The lowest BCUT2D eigenvalue weighted by Gasteiger charge is -2.43. The van der Waals surface area contributed by atoms with E-state index >= 15 is 0 Å². The van der Waals surface area contributed by atoms with Crippen LogP contribution in [0.4, 0.5) is 0 Å². The van der Waals surface area contributed by atoms with Crippen LogP contribution in [0, 0.1) is 11.3 Å². The minimum absolute atomic E-state index is 0.119. The first-order chi connectivity index (χ1) is 4.46. The van der Waals surface area contributed by atoms with Crippen molar-refractivity contribution in [3.8, 4) is 0 Å². The molecular weight excluding hydrogens is 124 g/mol. The van der Waals surface area contributed by atoms with Gasteiger partial charge in [-0.3, -0.25) is 4.79 Å². The number of allylic oxidation sites excluding steroid dienone is 1. The quantitative estimate of drug-likeness (QED) is 0.507. The van der Waals surface area contributed by atoms with Crippen LogP contribution in [0.15, 0.2) is 12.2 Å². The molecule has 0 saturated heterocycles. The second kappa shape index (κ2) is 1.94. The topological polar surface area (TPSA) is 17.1 Å². The first-order valence-electron chi connectivity index (χ1n) is 3.65. The maximum Gasteiger partial charge on any atom is 0.139 e. The summed E-state index contributed by atoms with van der Waals surface area (Å²) in [5, 5.41) is 0. The summed E-state index contributed by atoms with van der Waals surface area (Å²) in [6, 6.07) is 0. The zero-order valence-electron chi connectivity index (χ0n) is 6.90. The Labute approximate surface area is 62.1 Å². The van der Waals surface area contributed by atoms with Crippen molar-refractivity contribution in [3.63, 3.8) is 0 Å². The molecule has 0 aromatic rings. The molecule has 1 heteroatoms. The zero-order chi connectivity index (χ0) is 7.94. The molecule has 1 rings (SSSR count). The Morgan fingerprint density at radius 1 is 1.70 bits per heavy atom. The van der Waals surface area contributed by atoms with Crippen molar-refractivity contribution in [2.75, 3.05) is 0 Å². The summed E-state index contributed by atoms with van der Waals surface area (Å²) in [4.78, 5) is 11.0. The van der Waals surface area contributed by atoms with Gasteiger partial charge in [0.2, 0.25) is 0 Å².